The van der Waals surface area contributed by atoms with Crippen LogP contribution in [0.5, 0.6) is 0 Å². The number of nitrogens with one attached hydrogen (secondary N) is 2. The molecule has 43 heavy (non-hydrogen) atoms. The van der Waals surface area contributed by atoms with Gasteiger partial charge in [0.2, 0.25) is 11.8 Å². The molecule has 0 heterocycles. The summed E-state index contributed by atoms with van der Waals surface area (Å²) < 4.78 is 0. The molecule has 2 amide bonds. The normalized spacial score (nSPS) is 11.5. The summed E-state index contributed by atoms with van der Waals surface area (Å²) in [5.41, 5.74) is 0. The van der Waals surface area contributed by atoms with Crippen LogP contribution in [0, 0.1) is 0 Å². The number of rotatable bonds is 32. The van der Waals surface area contributed by atoms with E-state index in [1.807, 2.05) is 11.8 Å². The molecule has 3 N–H and O–H groups in total. The third kappa shape index (κ3) is 34.0. The van der Waals surface area contributed by atoms with E-state index in [0.29, 0.717) is 12.8 Å². The van der Waals surface area contributed by atoms with Crippen molar-refractivity contribution in [2.45, 2.75) is 167 Å². The molecule has 0 bridgehead atoms. The molecular formula is C33H61N2NaO6S. The van der Waals surface area contributed by atoms with E-state index in [2.05, 4.69) is 17.6 Å². The summed E-state index contributed by atoms with van der Waals surface area (Å²) in [5.74, 6) is -0.331. The molecule has 10 heteroatoms. The summed E-state index contributed by atoms with van der Waals surface area (Å²) >= 11 is 2.04. The molecule has 1 atom stereocenters. The number of thioether (sulfide) groups is 1. The zero-order valence-corrected chi connectivity index (χ0v) is 30.4. The average molecular weight is 637 g/mol. The second-order valence-corrected chi connectivity index (χ2v) is 12.8. The van der Waals surface area contributed by atoms with Crippen molar-refractivity contribution in [3.8, 4) is 0 Å². The maximum Gasteiger partial charge on any atom is 1.00 e. The van der Waals surface area contributed by atoms with Crippen molar-refractivity contribution in [2.75, 3.05) is 18.1 Å². The molecule has 0 fully saturated rings. The fourth-order valence-corrected chi connectivity index (χ4v) is 5.88. The van der Waals surface area contributed by atoms with Gasteiger partial charge in [0, 0.05) is 25.4 Å². The van der Waals surface area contributed by atoms with E-state index in [1.165, 1.54) is 70.0 Å². The van der Waals surface area contributed by atoms with Crippen LogP contribution in [0.2, 0.25) is 0 Å². The van der Waals surface area contributed by atoms with Gasteiger partial charge in [-0.3, -0.25) is 9.59 Å². The van der Waals surface area contributed by atoms with E-state index in [4.69, 9.17) is 5.11 Å². The third-order valence-electron chi connectivity index (χ3n) is 7.51. The Morgan fingerprint density at radius 2 is 1.07 bits per heavy atom. The Balaban J connectivity index is 0. The summed E-state index contributed by atoms with van der Waals surface area (Å²) in [6.07, 6.45) is 24.3. The molecule has 0 aliphatic carbocycles. The third-order valence-corrected chi connectivity index (χ3v) is 8.66. The molecule has 246 valence electrons. The van der Waals surface area contributed by atoms with Crippen LogP contribution in [0.4, 0.5) is 0 Å². The number of carboxylic acid groups (broad SMARTS) is 2. The molecule has 0 aliphatic rings. The monoisotopic (exact) mass is 636 g/mol. The predicted octanol–water partition coefficient (Wildman–Crippen LogP) is 3.54. The molecule has 0 radical (unpaired) electrons. The summed E-state index contributed by atoms with van der Waals surface area (Å²) in [6, 6.07) is -1.19. The van der Waals surface area contributed by atoms with Crippen LogP contribution in [0.25, 0.3) is 0 Å². The van der Waals surface area contributed by atoms with E-state index in [1.54, 1.807) is 0 Å². The maximum atomic E-state index is 12.0. The standard InChI is InChI=1S/C33H62N2O6S.Na/c1-2-3-4-5-6-7-10-13-16-20-27-42-28-21-18-22-30(36)34-26-19-15-12-9-8-11-14-17-23-31(37)35-29(33(40)41)24-25-32(38)39;/h29H,2-28H2,1H3,(H,34,36)(H,35,37)(H,38,39)(H,40,41);/q;+1/p-1. The van der Waals surface area contributed by atoms with Gasteiger partial charge in [0.1, 0.15) is 6.04 Å². The molecule has 0 aromatic heterocycles. The zero-order valence-electron chi connectivity index (χ0n) is 27.6. The smallest absolute Gasteiger partial charge is 0.550 e. The largest absolute Gasteiger partial charge is 1.00 e. The maximum absolute atomic E-state index is 12.0. The van der Waals surface area contributed by atoms with Gasteiger partial charge in [-0.05, 0) is 56.5 Å². The first-order valence-electron chi connectivity index (χ1n) is 16.9. The average Bonchev–Trinajstić information content (AvgIpc) is 2.95. The number of amides is 2. The van der Waals surface area contributed by atoms with E-state index >= 15 is 0 Å². The van der Waals surface area contributed by atoms with Crippen LogP contribution in [0.1, 0.15) is 161 Å². The molecule has 0 rings (SSSR count). The van der Waals surface area contributed by atoms with Gasteiger partial charge in [-0.1, -0.05) is 103 Å². The van der Waals surface area contributed by atoms with Gasteiger partial charge in [0.15, 0.2) is 0 Å². The first-order chi connectivity index (χ1) is 20.4. The van der Waals surface area contributed by atoms with E-state index in [-0.39, 0.29) is 54.2 Å². The zero-order chi connectivity index (χ0) is 31.1. The van der Waals surface area contributed by atoms with Crippen LogP contribution in [-0.4, -0.2) is 53.0 Å². The Hall–Kier alpha value is -0.770. The van der Waals surface area contributed by atoms with E-state index < -0.39 is 24.4 Å². The fourth-order valence-electron chi connectivity index (χ4n) is 4.86. The van der Waals surface area contributed by atoms with Crippen molar-refractivity contribution in [1.82, 2.24) is 10.6 Å². The van der Waals surface area contributed by atoms with Crippen molar-refractivity contribution < 1.29 is 58.9 Å². The van der Waals surface area contributed by atoms with Gasteiger partial charge in [0.25, 0.3) is 0 Å². The number of carbonyl (C=O) groups excluding carboxylic acids is 3. The Bertz CT molecular complexity index is 698. The quantitative estimate of drug-likeness (QED) is 0.0759. The molecule has 0 aliphatic heterocycles. The second-order valence-electron chi connectivity index (χ2n) is 11.5. The van der Waals surface area contributed by atoms with Gasteiger partial charge in [-0.15, -0.1) is 0 Å². The number of hydrogen-bond donors (Lipinski definition) is 3. The SMILES string of the molecule is CCCCCCCCCCCCSCCCCC(=O)NCCCCCCCCCCC(=O)NC(CCC(=O)[O-])C(=O)O.[Na+]. The summed E-state index contributed by atoms with van der Waals surface area (Å²) in [6.45, 7) is 3.02. The van der Waals surface area contributed by atoms with Gasteiger partial charge in [-0.2, -0.15) is 11.8 Å². The number of aliphatic carboxylic acids is 2. The first-order valence-corrected chi connectivity index (χ1v) is 18.1. The van der Waals surface area contributed by atoms with Crippen molar-refractivity contribution in [3.63, 3.8) is 0 Å². The molecule has 0 saturated heterocycles. The topological polar surface area (TPSA) is 136 Å². The first kappa shape index (κ1) is 44.4. The molecule has 0 saturated carbocycles. The minimum Gasteiger partial charge on any atom is -0.550 e. The fraction of sp³-hybridized carbons (Fsp3) is 0.879. The molecule has 0 spiro atoms. The van der Waals surface area contributed by atoms with E-state index in [0.717, 1.165) is 70.1 Å². The number of hydrogen-bond acceptors (Lipinski definition) is 6. The molecule has 0 aromatic carbocycles. The Morgan fingerprint density at radius 1 is 0.628 bits per heavy atom. The summed E-state index contributed by atoms with van der Waals surface area (Å²) in [7, 11) is 0. The van der Waals surface area contributed by atoms with Crippen molar-refractivity contribution in [2.24, 2.45) is 0 Å². The van der Waals surface area contributed by atoms with Crippen LogP contribution in [0.3, 0.4) is 0 Å². The van der Waals surface area contributed by atoms with Crippen LogP contribution < -0.4 is 45.3 Å². The Labute approximate surface area is 288 Å². The predicted molar refractivity (Wildman–Crippen MR) is 171 cm³/mol. The number of unbranched alkanes of at least 4 members (excludes halogenated alkanes) is 17. The number of carboxylic acids is 2. The molecule has 0 aromatic rings. The Kier molecular flexibility index (Phi) is 35.2. The second kappa shape index (κ2) is 34.1. The van der Waals surface area contributed by atoms with Gasteiger partial charge in [0.05, 0.1) is 0 Å². The minimum atomic E-state index is -1.33. The van der Waals surface area contributed by atoms with Crippen LogP contribution in [0.15, 0.2) is 0 Å². The molecule has 1 unspecified atom stereocenters. The van der Waals surface area contributed by atoms with Crippen molar-refractivity contribution >= 4 is 35.5 Å². The Morgan fingerprint density at radius 3 is 1.60 bits per heavy atom. The number of carbonyl (C=O) groups is 4. The molecule has 8 nitrogen and oxygen atoms in total. The van der Waals surface area contributed by atoms with Gasteiger partial charge < -0.3 is 25.6 Å². The summed E-state index contributed by atoms with van der Waals surface area (Å²) in [4.78, 5) is 45.5. The van der Waals surface area contributed by atoms with Crippen LogP contribution in [-0.2, 0) is 19.2 Å². The molecular weight excluding hydrogens is 575 g/mol. The van der Waals surface area contributed by atoms with Crippen LogP contribution >= 0.6 is 11.8 Å². The minimum absolute atomic E-state index is 0. The van der Waals surface area contributed by atoms with Crippen molar-refractivity contribution in [3.05, 3.63) is 0 Å². The van der Waals surface area contributed by atoms with Crippen molar-refractivity contribution in [1.29, 1.82) is 0 Å². The summed E-state index contributed by atoms with van der Waals surface area (Å²) in [5, 5.41) is 25.0. The van der Waals surface area contributed by atoms with Gasteiger partial charge >= 0.3 is 35.5 Å². The van der Waals surface area contributed by atoms with Gasteiger partial charge in [-0.25, -0.2) is 4.79 Å². The van der Waals surface area contributed by atoms with E-state index in [9.17, 15) is 24.3 Å².